The standard InChI is InChI=1S/C19H21N3OS/c1-13(2)21-19-22(20-11-17-6-5-9-23-17)18(12-24-19)16-8-7-14(3)15(4)10-16/h5-13H,1-4H3. The monoisotopic (exact) mass is 339 g/mol. The lowest BCUT2D eigenvalue weighted by Crippen LogP contribution is -2.14. The Kier molecular flexibility index (Phi) is 4.81. The summed E-state index contributed by atoms with van der Waals surface area (Å²) in [5.74, 6) is 0.718. The molecule has 0 bridgehead atoms. The third-order valence-corrected chi connectivity index (χ3v) is 4.53. The molecule has 2 aromatic heterocycles. The van der Waals surface area contributed by atoms with E-state index in [0.29, 0.717) is 0 Å². The van der Waals surface area contributed by atoms with Crippen LogP contribution in [-0.4, -0.2) is 16.9 Å². The van der Waals surface area contributed by atoms with Crippen LogP contribution in [0.15, 0.2) is 56.5 Å². The Balaban J connectivity index is 2.12. The molecule has 3 rings (SSSR count). The van der Waals surface area contributed by atoms with Crippen LogP contribution in [-0.2, 0) is 0 Å². The first-order valence-corrected chi connectivity index (χ1v) is 8.82. The van der Waals surface area contributed by atoms with E-state index in [-0.39, 0.29) is 6.04 Å². The zero-order valence-corrected chi connectivity index (χ0v) is 15.2. The van der Waals surface area contributed by atoms with Crippen LogP contribution in [0.25, 0.3) is 11.3 Å². The van der Waals surface area contributed by atoms with Crippen LogP contribution >= 0.6 is 11.3 Å². The number of hydrogen-bond donors (Lipinski definition) is 0. The van der Waals surface area contributed by atoms with Crippen LogP contribution < -0.4 is 4.80 Å². The maximum absolute atomic E-state index is 5.34. The van der Waals surface area contributed by atoms with E-state index in [2.05, 4.69) is 61.4 Å². The summed E-state index contributed by atoms with van der Waals surface area (Å²) in [4.78, 5) is 5.56. The Morgan fingerprint density at radius 1 is 1.17 bits per heavy atom. The fourth-order valence-electron chi connectivity index (χ4n) is 2.30. The van der Waals surface area contributed by atoms with Gasteiger partial charge in [-0.2, -0.15) is 5.10 Å². The summed E-state index contributed by atoms with van der Waals surface area (Å²) in [6.45, 7) is 8.38. The van der Waals surface area contributed by atoms with E-state index in [4.69, 9.17) is 4.42 Å². The van der Waals surface area contributed by atoms with Crippen molar-refractivity contribution in [2.45, 2.75) is 33.7 Å². The van der Waals surface area contributed by atoms with Gasteiger partial charge in [-0.05, 0) is 57.0 Å². The molecule has 0 aliphatic heterocycles. The number of benzene rings is 1. The Morgan fingerprint density at radius 2 is 2.00 bits per heavy atom. The predicted octanol–water partition coefficient (Wildman–Crippen LogP) is 4.62. The van der Waals surface area contributed by atoms with Crippen molar-refractivity contribution in [3.05, 3.63) is 63.7 Å². The molecule has 0 amide bonds. The zero-order chi connectivity index (χ0) is 17.1. The molecular weight excluding hydrogens is 318 g/mol. The van der Waals surface area contributed by atoms with E-state index in [0.717, 1.165) is 21.8 Å². The summed E-state index contributed by atoms with van der Waals surface area (Å²) >= 11 is 1.60. The van der Waals surface area contributed by atoms with E-state index in [1.165, 1.54) is 11.1 Å². The third kappa shape index (κ3) is 3.57. The number of furan rings is 1. The topological polar surface area (TPSA) is 42.8 Å². The molecule has 5 heteroatoms. The van der Waals surface area contributed by atoms with Crippen LogP contribution in [0.5, 0.6) is 0 Å². The summed E-state index contributed by atoms with van der Waals surface area (Å²) in [6.07, 6.45) is 3.36. The average molecular weight is 339 g/mol. The van der Waals surface area contributed by atoms with Crippen molar-refractivity contribution >= 4 is 17.6 Å². The van der Waals surface area contributed by atoms with E-state index in [1.807, 2.05) is 16.8 Å². The molecule has 24 heavy (non-hydrogen) atoms. The molecule has 0 atom stereocenters. The molecule has 0 unspecified atom stereocenters. The number of aromatic nitrogens is 1. The summed E-state index contributed by atoms with van der Waals surface area (Å²) < 4.78 is 7.23. The van der Waals surface area contributed by atoms with Gasteiger partial charge in [-0.25, -0.2) is 4.68 Å². The highest BCUT2D eigenvalue weighted by Crippen LogP contribution is 2.23. The number of nitrogens with zero attached hydrogens (tertiary/aromatic N) is 3. The van der Waals surface area contributed by atoms with Gasteiger partial charge in [0.2, 0.25) is 4.80 Å². The van der Waals surface area contributed by atoms with Crippen molar-refractivity contribution in [3.8, 4) is 11.3 Å². The molecule has 1 aromatic carbocycles. The average Bonchev–Trinajstić information content (AvgIpc) is 3.17. The van der Waals surface area contributed by atoms with E-state index >= 15 is 0 Å². The Bertz CT molecular complexity index is 914. The fourth-order valence-corrected chi connectivity index (χ4v) is 3.27. The summed E-state index contributed by atoms with van der Waals surface area (Å²) in [5.41, 5.74) is 4.72. The van der Waals surface area contributed by atoms with Gasteiger partial charge in [0.15, 0.2) is 0 Å². The number of rotatable bonds is 4. The molecule has 0 fully saturated rings. The van der Waals surface area contributed by atoms with Gasteiger partial charge in [0.05, 0.1) is 18.2 Å². The van der Waals surface area contributed by atoms with Gasteiger partial charge >= 0.3 is 0 Å². The van der Waals surface area contributed by atoms with Crippen molar-refractivity contribution in [2.24, 2.45) is 10.1 Å². The van der Waals surface area contributed by atoms with E-state index in [1.54, 1.807) is 23.8 Å². The first-order chi connectivity index (χ1) is 11.5. The highest BCUT2D eigenvalue weighted by molar-refractivity contribution is 7.07. The summed E-state index contributed by atoms with van der Waals surface area (Å²) in [7, 11) is 0. The maximum atomic E-state index is 5.34. The fraction of sp³-hybridized carbons (Fsp3) is 0.263. The molecule has 2 heterocycles. The Hall–Kier alpha value is -2.40. The van der Waals surface area contributed by atoms with Gasteiger partial charge in [0, 0.05) is 17.0 Å². The highest BCUT2D eigenvalue weighted by Gasteiger charge is 2.09. The highest BCUT2D eigenvalue weighted by atomic mass is 32.1. The number of hydrogen-bond acceptors (Lipinski definition) is 4. The van der Waals surface area contributed by atoms with Crippen LogP contribution in [0.4, 0.5) is 0 Å². The first kappa shape index (κ1) is 16.5. The van der Waals surface area contributed by atoms with E-state index < -0.39 is 0 Å². The SMILES string of the molecule is Cc1ccc(-c2csc(=NC(C)C)n2N=Cc2ccco2)cc1C. The zero-order valence-electron chi connectivity index (χ0n) is 14.4. The molecule has 0 radical (unpaired) electrons. The predicted molar refractivity (Wildman–Crippen MR) is 99.6 cm³/mol. The van der Waals surface area contributed by atoms with Gasteiger partial charge in [-0.3, -0.25) is 4.99 Å². The Morgan fingerprint density at radius 3 is 2.67 bits per heavy atom. The summed E-state index contributed by atoms with van der Waals surface area (Å²) in [5, 5.41) is 6.71. The van der Waals surface area contributed by atoms with Crippen molar-refractivity contribution in [1.82, 2.24) is 4.68 Å². The largest absolute Gasteiger partial charge is 0.463 e. The lowest BCUT2D eigenvalue weighted by Gasteiger charge is -2.06. The normalized spacial score (nSPS) is 12.6. The first-order valence-electron chi connectivity index (χ1n) is 7.94. The maximum Gasteiger partial charge on any atom is 0.206 e. The molecule has 0 N–H and O–H groups in total. The van der Waals surface area contributed by atoms with Gasteiger partial charge in [0.1, 0.15) is 5.76 Å². The summed E-state index contributed by atoms with van der Waals surface area (Å²) in [6, 6.07) is 10.4. The lowest BCUT2D eigenvalue weighted by molar-refractivity contribution is 0.559. The van der Waals surface area contributed by atoms with Crippen LogP contribution in [0, 0.1) is 13.8 Å². The van der Waals surface area contributed by atoms with Crippen LogP contribution in [0.2, 0.25) is 0 Å². The van der Waals surface area contributed by atoms with Gasteiger partial charge in [0.25, 0.3) is 0 Å². The van der Waals surface area contributed by atoms with Crippen molar-refractivity contribution in [3.63, 3.8) is 0 Å². The van der Waals surface area contributed by atoms with E-state index in [9.17, 15) is 0 Å². The minimum absolute atomic E-state index is 0.210. The van der Waals surface area contributed by atoms with Crippen LogP contribution in [0.1, 0.15) is 30.7 Å². The Labute approximate surface area is 145 Å². The van der Waals surface area contributed by atoms with Crippen molar-refractivity contribution < 1.29 is 4.42 Å². The molecule has 124 valence electrons. The smallest absolute Gasteiger partial charge is 0.206 e. The molecule has 4 nitrogen and oxygen atoms in total. The van der Waals surface area contributed by atoms with Crippen LogP contribution in [0.3, 0.4) is 0 Å². The minimum Gasteiger partial charge on any atom is -0.463 e. The molecule has 0 spiro atoms. The number of aryl methyl sites for hydroxylation is 2. The van der Waals surface area contributed by atoms with Gasteiger partial charge < -0.3 is 4.42 Å². The second-order valence-corrected chi connectivity index (χ2v) is 6.83. The molecule has 0 aliphatic rings. The molecule has 0 saturated heterocycles. The second-order valence-electron chi connectivity index (χ2n) is 6.00. The number of thiazole rings is 1. The van der Waals surface area contributed by atoms with Crippen molar-refractivity contribution in [1.29, 1.82) is 0 Å². The third-order valence-electron chi connectivity index (χ3n) is 3.70. The molecule has 0 aliphatic carbocycles. The molecule has 0 saturated carbocycles. The molecular formula is C19H21N3OS. The minimum atomic E-state index is 0.210. The van der Waals surface area contributed by atoms with Gasteiger partial charge in [-0.1, -0.05) is 12.1 Å². The van der Waals surface area contributed by atoms with Crippen molar-refractivity contribution in [2.75, 3.05) is 0 Å². The quantitative estimate of drug-likeness (QED) is 0.640. The molecule has 3 aromatic rings. The lowest BCUT2D eigenvalue weighted by atomic mass is 10.1. The van der Waals surface area contributed by atoms with Gasteiger partial charge in [-0.15, -0.1) is 11.3 Å². The second kappa shape index (κ2) is 7.01.